The Kier molecular flexibility index (Phi) is 4.61. The number of hydrogen-bond donors (Lipinski definition) is 2. The molecule has 0 bridgehead atoms. The van der Waals surface area contributed by atoms with Crippen molar-refractivity contribution in [2.75, 3.05) is 23.8 Å². The molecule has 8 nitrogen and oxygen atoms in total. The highest BCUT2D eigenvalue weighted by Gasteiger charge is 2.26. The minimum absolute atomic E-state index is 0.115. The normalized spacial score (nSPS) is 15.1. The molecule has 1 amide bonds. The Morgan fingerprint density at radius 3 is 2.48 bits per heavy atom. The number of carbonyl (C=O) groups excluding carboxylic acids is 1. The molecule has 2 aromatic carbocycles. The van der Waals surface area contributed by atoms with E-state index in [-0.39, 0.29) is 17.3 Å². The van der Waals surface area contributed by atoms with Gasteiger partial charge in [-0.05, 0) is 40.9 Å². The molecule has 1 saturated carbocycles. The summed E-state index contributed by atoms with van der Waals surface area (Å²) in [7, 11) is 0. The SMILES string of the molecule is O=C(Nc1cc2c(cc1Br)OCCO2)c1ccc(NC2CC2)c([N+](=O)[O-])c1. The van der Waals surface area contributed by atoms with E-state index in [0.29, 0.717) is 40.6 Å². The van der Waals surface area contributed by atoms with E-state index in [1.54, 1.807) is 24.3 Å². The minimum Gasteiger partial charge on any atom is -0.486 e. The number of rotatable bonds is 5. The molecule has 0 saturated heterocycles. The molecule has 1 aliphatic heterocycles. The first-order chi connectivity index (χ1) is 13.0. The highest BCUT2D eigenvalue weighted by atomic mass is 79.9. The van der Waals surface area contributed by atoms with Crippen molar-refractivity contribution in [1.82, 2.24) is 0 Å². The highest BCUT2D eigenvalue weighted by molar-refractivity contribution is 9.10. The smallest absolute Gasteiger partial charge is 0.293 e. The Balaban J connectivity index is 1.57. The zero-order chi connectivity index (χ0) is 19.0. The predicted molar refractivity (Wildman–Crippen MR) is 103 cm³/mol. The lowest BCUT2D eigenvalue weighted by molar-refractivity contribution is -0.384. The lowest BCUT2D eigenvalue weighted by atomic mass is 10.1. The standard InChI is InChI=1S/C18H16BrN3O5/c19-12-8-16-17(27-6-5-26-16)9-14(12)21-18(23)10-1-4-13(20-11-2-3-11)15(7-10)22(24)25/h1,4,7-9,11,20H,2-3,5-6H2,(H,21,23). The molecule has 27 heavy (non-hydrogen) atoms. The molecular formula is C18H16BrN3O5. The molecule has 2 N–H and O–H groups in total. The van der Waals surface area contributed by atoms with E-state index >= 15 is 0 Å². The summed E-state index contributed by atoms with van der Waals surface area (Å²) in [4.78, 5) is 23.5. The Morgan fingerprint density at radius 1 is 1.11 bits per heavy atom. The Hall–Kier alpha value is -2.81. The maximum atomic E-state index is 12.6. The van der Waals surface area contributed by atoms with Crippen molar-refractivity contribution in [3.8, 4) is 11.5 Å². The first kappa shape index (κ1) is 17.6. The summed E-state index contributed by atoms with van der Waals surface area (Å²) >= 11 is 3.39. The summed E-state index contributed by atoms with van der Waals surface area (Å²) in [5.41, 5.74) is 1.01. The molecule has 1 fully saturated rings. The van der Waals surface area contributed by atoms with Crippen LogP contribution in [-0.2, 0) is 0 Å². The molecule has 0 atom stereocenters. The van der Waals surface area contributed by atoms with Crippen LogP contribution in [0.2, 0.25) is 0 Å². The lowest BCUT2D eigenvalue weighted by Crippen LogP contribution is -2.17. The number of halogens is 1. The van der Waals surface area contributed by atoms with Crippen LogP contribution in [0.1, 0.15) is 23.2 Å². The number of hydrogen-bond acceptors (Lipinski definition) is 6. The summed E-state index contributed by atoms with van der Waals surface area (Å²) in [5.74, 6) is 0.681. The van der Waals surface area contributed by atoms with Gasteiger partial charge >= 0.3 is 0 Å². The number of carbonyl (C=O) groups is 1. The van der Waals surface area contributed by atoms with Gasteiger partial charge in [0.25, 0.3) is 11.6 Å². The summed E-state index contributed by atoms with van der Waals surface area (Å²) in [6.07, 6.45) is 2.00. The van der Waals surface area contributed by atoms with Gasteiger partial charge in [-0.15, -0.1) is 0 Å². The summed E-state index contributed by atoms with van der Waals surface area (Å²) < 4.78 is 11.6. The Morgan fingerprint density at radius 2 is 1.81 bits per heavy atom. The third-order valence-corrected chi connectivity index (χ3v) is 4.93. The van der Waals surface area contributed by atoms with E-state index in [0.717, 1.165) is 12.8 Å². The molecule has 0 unspecified atom stereocenters. The van der Waals surface area contributed by atoms with Crippen LogP contribution in [0.5, 0.6) is 11.5 Å². The van der Waals surface area contributed by atoms with Crippen LogP contribution >= 0.6 is 15.9 Å². The van der Waals surface area contributed by atoms with Crippen molar-refractivity contribution in [3.05, 3.63) is 50.5 Å². The van der Waals surface area contributed by atoms with Crippen molar-refractivity contribution < 1.29 is 19.2 Å². The van der Waals surface area contributed by atoms with Gasteiger partial charge in [0.2, 0.25) is 0 Å². The second kappa shape index (κ2) is 7.07. The molecule has 2 aromatic rings. The number of nitro benzene ring substituents is 1. The van der Waals surface area contributed by atoms with Gasteiger partial charge in [-0.3, -0.25) is 14.9 Å². The molecule has 2 aliphatic rings. The van der Waals surface area contributed by atoms with Crippen LogP contribution in [0.4, 0.5) is 17.1 Å². The molecule has 0 radical (unpaired) electrons. The number of nitrogens with one attached hydrogen (secondary N) is 2. The van der Waals surface area contributed by atoms with Crippen LogP contribution in [0, 0.1) is 10.1 Å². The van der Waals surface area contributed by atoms with Gasteiger partial charge in [-0.2, -0.15) is 0 Å². The first-order valence-electron chi connectivity index (χ1n) is 8.47. The monoisotopic (exact) mass is 433 g/mol. The van der Waals surface area contributed by atoms with Gasteiger partial charge in [0.1, 0.15) is 18.9 Å². The maximum Gasteiger partial charge on any atom is 0.293 e. The van der Waals surface area contributed by atoms with E-state index in [4.69, 9.17) is 9.47 Å². The summed E-state index contributed by atoms with van der Waals surface area (Å²) in [5, 5.41) is 17.2. The fourth-order valence-corrected chi connectivity index (χ4v) is 3.17. The molecule has 9 heteroatoms. The van der Waals surface area contributed by atoms with Gasteiger partial charge < -0.3 is 20.1 Å². The van der Waals surface area contributed by atoms with E-state index < -0.39 is 10.8 Å². The Bertz CT molecular complexity index is 929. The van der Waals surface area contributed by atoms with Gasteiger partial charge in [0.15, 0.2) is 11.5 Å². The minimum atomic E-state index is -0.485. The van der Waals surface area contributed by atoms with E-state index in [2.05, 4.69) is 26.6 Å². The van der Waals surface area contributed by atoms with Crippen LogP contribution in [0.3, 0.4) is 0 Å². The molecular weight excluding hydrogens is 418 g/mol. The number of benzene rings is 2. The van der Waals surface area contributed by atoms with Crippen molar-refractivity contribution in [2.24, 2.45) is 0 Å². The average Bonchev–Trinajstić information content (AvgIpc) is 3.46. The average molecular weight is 434 g/mol. The second-order valence-electron chi connectivity index (χ2n) is 6.34. The van der Waals surface area contributed by atoms with Crippen LogP contribution in [0.15, 0.2) is 34.8 Å². The largest absolute Gasteiger partial charge is 0.486 e. The number of ether oxygens (including phenoxy) is 2. The van der Waals surface area contributed by atoms with Crippen LogP contribution in [-0.4, -0.2) is 30.1 Å². The Labute approximate surface area is 163 Å². The number of nitro groups is 1. The third kappa shape index (κ3) is 3.82. The van der Waals surface area contributed by atoms with Crippen LogP contribution < -0.4 is 20.1 Å². The third-order valence-electron chi connectivity index (χ3n) is 4.27. The van der Waals surface area contributed by atoms with Gasteiger partial charge in [0.05, 0.1) is 10.6 Å². The molecule has 0 spiro atoms. The van der Waals surface area contributed by atoms with Gasteiger partial charge in [-0.1, -0.05) is 0 Å². The fourth-order valence-electron chi connectivity index (χ4n) is 2.75. The van der Waals surface area contributed by atoms with Crippen molar-refractivity contribution in [3.63, 3.8) is 0 Å². The lowest BCUT2D eigenvalue weighted by Gasteiger charge is -2.20. The number of fused-ring (bicyclic) bond motifs is 1. The van der Waals surface area contributed by atoms with Crippen LogP contribution in [0.25, 0.3) is 0 Å². The molecule has 1 aliphatic carbocycles. The zero-order valence-electron chi connectivity index (χ0n) is 14.2. The maximum absolute atomic E-state index is 12.6. The highest BCUT2D eigenvalue weighted by Crippen LogP contribution is 2.38. The van der Waals surface area contributed by atoms with Crippen molar-refractivity contribution in [2.45, 2.75) is 18.9 Å². The van der Waals surface area contributed by atoms with Gasteiger partial charge in [-0.25, -0.2) is 0 Å². The van der Waals surface area contributed by atoms with Gasteiger partial charge in [0, 0.05) is 34.3 Å². The molecule has 140 valence electrons. The predicted octanol–water partition coefficient (Wildman–Crippen LogP) is 3.96. The first-order valence-corrected chi connectivity index (χ1v) is 9.26. The topological polar surface area (TPSA) is 103 Å². The molecule has 0 aromatic heterocycles. The zero-order valence-corrected chi connectivity index (χ0v) is 15.7. The second-order valence-corrected chi connectivity index (χ2v) is 7.19. The van der Waals surface area contributed by atoms with Crippen molar-refractivity contribution >= 4 is 38.9 Å². The number of nitrogens with zero attached hydrogens (tertiary/aromatic N) is 1. The van der Waals surface area contributed by atoms with E-state index in [9.17, 15) is 14.9 Å². The number of amides is 1. The number of anilines is 2. The fraction of sp³-hybridized carbons (Fsp3) is 0.278. The summed E-state index contributed by atoms with van der Waals surface area (Å²) in [6, 6.07) is 8.08. The van der Waals surface area contributed by atoms with Crippen molar-refractivity contribution in [1.29, 1.82) is 0 Å². The molecule has 1 heterocycles. The molecule has 4 rings (SSSR count). The van der Waals surface area contributed by atoms with E-state index in [1.807, 2.05) is 0 Å². The van der Waals surface area contributed by atoms with E-state index in [1.165, 1.54) is 6.07 Å². The quantitative estimate of drug-likeness (QED) is 0.546. The summed E-state index contributed by atoms with van der Waals surface area (Å²) in [6.45, 7) is 0.903.